The quantitative estimate of drug-likeness (QED) is 0.623. The summed E-state index contributed by atoms with van der Waals surface area (Å²) in [6, 6.07) is 15.5. The summed E-state index contributed by atoms with van der Waals surface area (Å²) in [4.78, 5) is 12.1. The molecule has 0 saturated carbocycles. The van der Waals surface area contributed by atoms with Crippen LogP contribution in [0.3, 0.4) is 0 Å². The van der Waals surface area contributed by atoms with Gasteiger partial charge < -0.3 is 14.8 Å². The van der Waals surface area contributed by atoms with E-state index in [0.717, 1.165) is 12.1 Å². The minimum absolute atomic E-state index is 0.0591. The average molecular weight is 383 g/mol. The molecule has 0 radical (unpaired) electrons. The first-order valence-electron chi connectivity index (χ1n) is 8.41. The first-order valence-corrected chi connectivity index (χ1v) is 9.40. The fraction of sp³-hybridized carbons (Fsp3) is 0.222. The van der Waals surface area contributed by atoms with Gasteiger partial charge in [0.25, 0.3) is 0 Å². The Balaban J connectivity index is 1.31. The molecule has 1 aliphatic heterocycles. The Labute approximate surface area is 159 Å². The number of nitrogens with zero attached hydrogens (tertiary/aromatic N) is 4. The van der Waals surface area contributed by atoms with Gasteiger partial charge in [0.05, 0.1) is 11.4 Å². The molecular formula is C18H17N5O3S. The molecule has 0 fully saturated rings. The molecule has 0 spiro atoms. The molecule has 1 aliphatic rings. The number of ether oxygens (including phenoxy) is 2. The van der Waals surface area contributed by atoms with Crippen molar-refractivity contribution >= 4 is 17.7 Å². The monoisotopic (exact) mass is 383 g/mol. The van der Waals surface area contributed by atoms with Crippen LogP contribution in [0.2, 0.25) is 0 Å². The van der Waals surface area contributed by atoms with E-state index in [0.29, 0.717) is 23.2 Å². The second-order valence-electron chi connectivity index (χ2n) is 5.79. The molecule has 1 aromatic heterocycles. The molecule has 138 valence electrons. The van der Waals surface area contributed by atoms with Crippen LogP contribution >= 0.6 is 11.8 Å². The molecule has 27 heavy (non-hydrogen) atoms. The van der Waals surface area contributed by atoms with Crippen LogP contribution in [0.25, 0.3) is 5.69 Å². The van der Waals surface area contributed by atoms with Crippen LogP contribution in [-0.2, 0) is 11.2 Å². The number of nitrogens with one attached hydrogen (secondary N) is 1. The van der Waals surface area contributed by atoms with Gasteiger partial charge in [-0.05, 0) is 34.5 Å². The van der Waals surface area contributed by atoms with Crippen LogP contribution in [-0.4, -0.2) is 45.2 Å². The highest BCUT2D eigenvalue weighted by molar-refractivity contribution is 7.99. The molecule has 4 rings (SSSR count). The summed E-state index contributed by atoms with van der Waals surface area (Å²) < 4.78 is 12.3. The third-order valence-corrected chi connectivity index (χ3v) is 4.87. The number of thioether (sulfide) groups is 1. The highest BCUT2D eigenvalue weighted by atomic mass is 32.2. The summed E-state index contributed by atoms with van der Waals surface area (Å²) in [5.41, 5.74) is 1.94. The van der Waals surface area contributed by atoms with Gasteiger partial charge in [0, 0.05) is 12.6 Å². The molecular weight excluding hydrogens is 366 g/mol. The minimum atomic E-state index is -0.0591. The summed E-state index contributed by atoms with van der Waals surface area (Å²) >= 11 is 1.28. The van der Waals surface area contributed by atoms with Crippen molar-refractivity contribution in [3.8, 4) is 17.2 Å². The third kappa shape index (κ3) is 4.20. The molecule has 1 N–H and O–H groups in total. The first kappa shape index (κ1) is 17.3. The summed E-state index contributed by atoms with van der Waals surface area (Å²) in [6.07, 6.45) is 0.798. The number of benzene rings is 2. The predicted octanol–water partition coefficient (Wildman–Crippen LogP) is 1.84. The zero-order chi connectivity index (χ0) is 18.5. The van der Waals surface area contributed by atoms with Crippen molar-refractivity contribution in [3.05, 3.63) is 54.1 Å². The van der Waals surface area contributed by atoms with Crippen molar-refractivity contribution in [3.63, 3.8) is 0 Å². The van der Waals surface area contributed by atoms with E-state index in [4.69, 9.17) is 9.47 Å². The number of carbonyl (C=O) groups is 1. The van der Waals surface area contributed by atoms with Crippen LogP contribution < -0.4 is 14.8 Å². The zero-order valence-electron chi connectivity index (χ0n) is 14.4. The lowest BCUT2D eigenvalue weighted by Crippen LogP contribution is -2.27. The van der Waals surface area contributed by atoms with Gasteiger partial charge in [-0.3, -0.25) is 4.79 Å². The summed E-state index contributed by atoms with van der Waals surface area (Å²) in [7, 11) is 0. The lowest BCUT2D eigenvalue weighted by atomic mass is 10.1. The van der Waals surface area contributed by atoms with Crippen molar-refractivity contribution in [1.29, 1.82) is 0 Å². The molecule has 0 aliphatic carbocycles. The normalized spacial score (nSPS) is 12.1. The lowest BCUT2D eigenvalue weighted by Gasteiger charge is -2.06. The molecule has 8 nitrogen and oxygen atoms in total. The molecule has 9 heteroatoms. The van der Waals surface area contributed by atoms with Crippen LogP contribution in [0, 0.1) is 0 Å². The standard InChI is InChI=1S/C18H17N5O3S/c24-17(19-9-8-13-4-2-1-3-5-13)11-27-18-20-21-22-23(18)14-6-7-15-16(10-14)26-12-25-15/h1-7,10H,8-9,11-12H2,(H,19,24). The Bertz CT molecular complexity index is 932. The molecule has 0 saturated heterocycles. The van der Waals surface area contributed by atoms with Crippen molar-refractivity contribution < 1.29 is 14.3 Å². The van der Waals surface area contributed by atoms with E-state index in [9.17, 15) is 4.79 Å². The molecule has 0 unspecified atom stereocenters. The summed E-state index contributed by atoms with van der Waals surface area (Å²) in [6.45, 7) is 0.801. The van der Waals surface area contributed by atoms with Gasteiger partial charge in [0.15, 0.2) is 11.5 Å². The number of amides is 1. The number of aromatic nitrogens is 4. The maximum atomic E-state index is 12.1. The Morgan fingerprint density at radius 3 is 2.89 bits per heavy atom. The topological polar surface area (TPSA) is 91.2 Å². The fourth-order valence-electron chi connectivity index (χ4n) is 2.62. The van der Waals surface area contributed by atoms with E-state index in [1.807, 2.05) is 48.5 Å². The van der Waals surface area contributed by atoms with Crippen molar-refractivity contribution in [2.75, 3.05) is 19.1 Å². The Kier molecular flexibility index (Phi) is 5.20. The van der Waals surface area contributed by atoms with E-state index < -0.39 is 0 Å². The number of fused-ring (bicyclic) bond motifs is 1. The first-order chi connectivity index (χ1) is 13.3. The van der Waals surface area contributed by atoms with Crippen LogP contribution in [0.5, 0.6) is 11.5 Å². The number of hydrogen-bond donors (Lipinski definition) is 1. The van der Waals surface area contributed by atoms with Crippen molar-refractivity contribution in [1.82, 2.24) is 25.5 Å². The SMILES string of the molecule is O=C(CSc1nnnn1-c1ccc2c(c1)OCO2)NCCc1ccccc1. The molecule has 2 aromatic carbocycles. The van der Waals surface area contributed by atoms with Gasteiger partial charge in [-0.15, -0.1) is 5.10 Å². The highest BCUT2D eigenvalue weighted by Crippen LogP contribution is 2.34. The molecule has 2 heterocycles. The molecule has 0 bridgehead atoms. The predicted molar refractivity (Wildman–Crippen MR) is 99.2 cm³/mol. The second-order valence-corrected chi connectivity index (χ2v) is 6.73. The minimum Gasteiger partial charge on any atom is -0.454 e. The number of tetrazole rings is 1. The molecule has 3 aromatic rings. The summed E-state index contributed by atoms with van der Waals surface area (Å²) in [5, 5.41) is 15.2. The number of carbonyl (C=O) groups excluding carboxylic acids is 1. The maximum Gasteiger partial charge on any atom is 0.231 e. The lowest BCUT2D eigenvalue weighted by molar-refractivity contribution is -0.118. The molecule has 1 amide bonds. The molecule has 0 atom stereocenters. The van der Waals surface area contributed by atoms with Gasteiger partial charge in [0.2, 0.25) is 17.9 Å². The smallest absolute Gasteiger partial charge is 0.231 e. The van der Waals surface area contributed by atoms with Crippen molar-refractivity contribution in [2.45, 2.75) is 11.6 Å². The zero-order valence-corrected chi connectivity index (χ0v) is 15.2. The van der Waals surface area contributed by atoms with Gasteiger partial charge in [-0.25, -0.2) is 0 Å². The van der Waals surface area contributed by atoms with Gasteiger partial charge in [0.1, 0.15) is 0 Å². The van der Waals surface area contributed by atoms with Crippen LogP contribution in [0.4, 0.5) is 0 Å². The highest BCUT2D eigenvalue weighted by Gasteiger charge is 2.17. The van der Waals surface area contributed by atoms with E-state index >= 15 is 0 Å². The summed E-state index contributed by atoms with van der Waals surface area (Å²) in [5.74, 6) is 1.52. The van der Waals surface area contributed by atoms with E-state index in [-0.39, 0.29) is 18.5 Å². The number of rotatable bonds is 7. The Morgan fingerprint density at radius 1 is 1.15 bits per heavy atom. The van der Waals surface area contributed by atoms with E-state index in [1.54, 1.807) is 4.68 Å². The maximum absolute atomic E-state index is 12.1. The third-order valence-electron chi connectivity index (χ3n) is 3.95. The fourth-order valence-corrected chi connectivity index (χ4v) is 3.34. The Hall–Kier alpha value is -3.07. The average Bonchev–Trinajstić information content (AvgIpc) is 3.35. The van der Waals surface area contributed by atoms with Crippen LogP contribution in [0.1, 0.15) is 5.56 Å². The Morgan fingerprint density at radius 2 is 2.00 bits per heavy atom. The van der Waals surface area contributed by atoms with E-state index in [1.165, 1.54) is 17.3 Å². The van der Waals surface area contributed by atoms with Gasteiger partial charge in [-0.1, -0.05) is 42.1 Å². The van der Waals surface area contributed by atoms with E-state index in [2.05, 4.69) is 20.8 Å². The van der Waals surface area contributed by atoms with Gasteiger partial charge in [-0.2, -0.15) is 4.68 Å². The second kappa shape index (κ2) is 8.09. The van der Waals surface area contributed by atoms with Gasteiger partial charge >= 0.3 is 0 Å². The largest absolute Gasteiger partial charge is 0.454 e. The number of hydrogen-bond acceptors (Lipinski definition) is 7. The van der Waals surface area contributed by atoms with Crippen LogP contribution in [0.15, 0.2) is 53.7 Å². The van der Waals surface area contributed by atoms with Crippen molar-refractivity contribution in [2.24, 2.45) is 0 Å².